The number of aryl methyl sites for hydroxylation is 2. The lowest BCUT2D eigenvalue weighted by molar-refractivity contribution is -0.0148. The van der Waals surface area contributed by atoms with Crippen LogP contribution in [0.4, 0.5) is 5.95 Å². The fourth-order valence-corrected chi connectivity index (χ4v) is 2.46. The summed E-state index contributed by atoms with van der Waals surface area (Å²) < 4.78 is 5.65. The van der Waals surface area contributed by atoms with Crippen molar-refractivity contribution >= 4 is 5.95 Å². The number of hydrogen-bond acceptors (Lipinski definition) is 6. The molecule has 0 amide bonds. The molecular weight excluding hydrogens is 254 g/mol. The maximum absolute atomic E-state index is 9.35. The molecule has 2 heterocycles. The minimum absolute atomic E-state index is 0.424. The van der Waals surface area contributed by atoms with Gasteiger partial charge in [-0.2, -0.15) is 5.26 Å². The predicted molar refractivity (Wildman–Crippen MR) is 76.3 cm³/mol. The van der Waals surface area contributed by atoms with Crippen LogP contribution in [-0.2, 0) is 4.74 Å². The number of rotatable bonds is 4. The highest BCUT2D eigenvalue weighted by molar-refractivity contribution is 5.34. The van der Waals surface area contributed by atoms with Crippen LogP contribution in [0, 0.1) is 25.2 Å². The van der Waals surface area contributed by atoms with Gasteiger partial charge in [-0.25, -0.2) is 9.97 Å². The maximum Gasteiger partial charge on any atom is 0.225 e. The summed E-state index contributed by atoms with van der Waals surface area (Å²) >= 11 is 0. The predicted octanol–water partition coefficient (Wildman–Crippen LogP) is 0.931. The van der Waals surface area contributed by atoms with Crippen LogP contribution in [0.15, 0.2) is 6.07 Å². The van der Waals surface area contributed by atoms with Crippen LogP contribution in [0.25, 0.3) is 0 Å². The van der Waals surface area contributed by atoms with Gasteiger partial charge in [-0.15, -0.1) is 0 Å². The molecule has 2 rings (SSSR count). The smallest absolute Gasteiger partial charge is 0.225 e. The van der Waals surface area contributed by atoms with Crippen molar-refractivity contribution in [3.63, 3.8) is 0 Å². The minimum Gasteiger partial charge on any atom is -0.359 e. The third-order valence-corrected chi connectivity index (χ3v) is 3.52. The van der Waals surface area contributed by atoms with Crippen molar-refractivity contribution in [1.82, 2.24) is 9.97 Å². The molecule has 1 aliphatic heterocycles. The zero-order chi connectivity index (χ0) is 14.6. The Bertz CT molecular complexity index is 483. The molecule has 0 radical (unpaired) electrons. The van der Waals surface area contributed by atoms with E-state index in [1.165, 1.54) is 0 Å². The van der Waals surface area contributed by atoms with Crippen LogP contribution in [0.2, 0.25) is 0 Å². The first kappa shape index (κ1) is 14.7. The first-order valence-electron chi connectivity index (χ1n) is 6.91. The summed E-state index contributed by atoms with van der Waals surface area (Å²) in [6, 6.07) is 4.26. The Labute approximate surface area is 119 Å². The van der Waals surface area contributed by atoms with Gasteiger partial charge in [0.2, 0.25) is 5.95 Å². The van der Waals surface area contributed by atoms with E-state index in [1.54, 1.807) is 0 Å². The summed E-state index contributed by atoms with van der Waals surface area (Å²) in [5.41, 5.74) is 6.67. The number of aromatic nitrogens is 2. The number of piperidine rings is 1. The molecule has 0 saturated carbocycles. The van der Waals surface area contributed by atoms with Crippen molar-refractivity contribution in [2.75, 3.05) is 31.1 Å². The van der Waals surface area contributed by atoms with Gasteiger partial charge in [-0.1, -0.05) is 0 Å². The molecular formula is C14H21N5O. The monoisotopic (exact) mass is 275 g/mol. The van der Waals surface area contributed by atoms with Crippen LogP contribution in [0.1, 0.15) is 24.2 Å². The topological polar surface area (TPSA) is 88.1 Å². The lowest BCUT2D eigenvalue weighted by atomic mass is 9.93. The second-order valence-electron chi connectivity index (χ2n) is 5.18. The van der Waals surface area contributed by atoms with Crippen LogP contribution >= 0.6 is 0 Å². The number of nitrogens with two attached hydrogens (primary N) is 1. The molecule has 0 aliphatic carbocycles. The second kappa shape index (κ2) is 6.16. The Hall–Kier alpha value is -1.71. The molecule has 0 bridgehead atoms. The normalized spacial score (nSPS) is 17.8. The van der Waals surface area contributed by atoms with E-state index in [0.717, 1.165) is 30.4 Å². The number of nitriles is 1. The third kappa shape index (κ3) is 3.24. The zero-order valence-electron chi connectivity index (χ0n) is 12.1. The molecule has 20 heavy (non-hydrogen) atoms. The number of anilines is 1. The zero-order valence-corrected chi connectivity index (χ0v) is 12.1. The molecule has 1 aliphatic rings. The summed E-state index contributed by atoms with van der Waals surface area (Å²) in [4.78, 5) is 11.0. The van der Waals surface area contributed by atoms with Gasteiger partial charge >= 0.3 is 0 Å². The molecule has 1 aromatic rings. The van der Waals surface area contributed by atoms with E-state index in [0.29, 0.717) is 26.0 Å². The molecule has 0 unspecified atom stereocenters. The Balaban J connectivity index is 2.05. The summed E-state index contributed by atoms with van der Waals surface area (Å²) in [6.07, 6.45) is 1.31. The average molecular weight is 275 g/mol. The van der Waals surface area contributed by atoms with Crippen LogP contribution in [-0.4, -0.2) is 41.8 Å². The summed E-state index contributed by atoms with van der Waals surface area (Å²) in [7, 11) is 0. The largest absolute Gasteiger partial charge is 0.359 e. The van der Waals surface area contributed by atoms with Gasteiger partial charge < -0.3 is 15.4 Å². The molecule has 6 nitrogen and oxygen atoms in total. The van der Waals surface area contributed by atoms with Crippen LogP contribution in [0.5, 0.6) is 0 Å². The Morgan fingerprint density at radius 3 is 2.45 bits per heavy atom. The van der Waals surface area contributed by atoms with Gasteiger partial charge in [-0.05, 0) is 19.9 Å². The quantitative estimate of drug-likeness (QED) is 0.879. The summed E-state index contributed by atoms with van der Waals surface area (Å²) in [6.45, 7) is 6.24. The Morgan fingerprint density at radius 2 is 1.95 bits per heavy atom. The summed E-state index contributed by atoms with van der Waals surface area (Å²) in [5, 5.41) is 9.35. The highest BCUT2D eigenvalue weighted by atomic mass is 16.5. The van der Waals surface area contributed by atoms with Gasteiger partial charge in [0.05, 0.1) is 12.7 Å². The van der Waals surface area contributed by atoms with E-state index < -0.39 is 5.60 Å². The van der Waals surface area contributed by atoms with Crippen molar-refractivity contribution in [1.29, 1.82) is 5.26 Å². The van der Waals surface area contributed by atoms with Crippen LogP contribution in [0.3, 0.4) is 0 Å². The van der Waals surface area contributed by atoms with Crippen molar-refractivity contribution in [3.8, 4) is 6.07 Å². The van der Waals surface area contributed by atoms with Crippen molar-refractivity contribution in [2.45, 2.75) is 32.3 Å². The van der Waals surface area contributed by atoms with Crippen molar-refractivity contribution in [2.24, 2.45) is 5.73 Å². The third-order valence-electron chi connectivity index (χ3n) is 3.52. The lowest BCUT2D eigenvalue weighted by Crippen LogP contribution is -2.46. The van der Waals surface area contributed by atoms with Gasteiger partial charge in [0.1, 0.15) is 0 Å². The van der Waals surface area contributed by atoms with E-state index >= 15 is 0 Å². The number of ether oxygens (including phenoxy) is 1. The lowest BCUT2D eigenvalue weighted by Gasteiger charge is -2.37. The van der Waals surface area contributed by atoms with E-state index in [2.05, 4.69) is 20.9 Å². The first-order valence-corrected chi connectivity index (χ1v) is 6.91. The van der Waals surface area contributed by atoms with Gasteiger partial charge in [-0.3, -0.25) is 0 Å². The fourth-order valence-electron chi connectivity index (χ4n) is 2.46. The van der Waals surface area contributed by atoms with Crippen molar-refractivity contribution < 1.29 is 4.74 Å². The van der Waals surface area contributed by atoms with Gasteiger partial charge in [0.15, 0.2) is 5.60 Å². The van der Waals surface area contributed by atoms with E-state index in [4.69, 9.17) is 10.5 Å². The minimum atomic E-state index is -0.700. The summed E-state index contributed by atoms with van der Waals surface area (Å²) in [5.74, 6) is 0.743. The first-order chi connectivity index (χ1) is 9.58. The van der Waals surface area contributed by atoms with E-state index in [-0.39, 0.29) is 0 Å². The van der Waals surface area contributed by atoms with E-state index in [9.17, 15) is 5.26 Å². The van der Waals surface area contributed by atoms with Gasteiger partial charge in [0, 0.05) is 43.9 Å². The fraction of sp³-hybridized carbons (Fsp3) is 0.643. The maximum atomic E-state index is 9.35. The van der Waals surface area contributed by atoms with Gasteiger partial charge in [0.25, 0.3) is 0 Å². The van der Waals surface area contributed by atoms with Crippen molar-refractivity contribution in [3.05, 3.63) is 17.5 Å². The Kier molecular flexibility index (Phi) is 4.53. The molecule has 1 saturated heterocycles. The SMILES string of the molecule is Cc1cc(C)nc(N2CCC(C#N)(OCCN)CC2)n1. The standard InChI is InChI=1S/C14H21N5O/c1-11-9-12(2)18-13(17-11)19-6-3-14(10-16,4-7-19)20-8-5-15/h9H,3-8,15H2,1-2H3. The highest BCUT2D eigenvalue weighted by Gasteiger charge is 2.36. The molecule has 1 aromatic heterocycles. The molecule has 2 N–H and O–H groups in total. The number of nitrogens with zero attached hydrogens (tertiary/aromatic N) is 4. The van der Waals surface area contributed by atoms with E-state index in [1.807, 2.05) is 19.9 Å². The molecule has 108 valence electrons. The molecule has 0 aromatic carbocycles. The second-order valence-corrected chi connectivity index (χ2v) is 5.18. The average Bonchev–Trinajstić information content (AvgIpc) is 2.44. The van der Waals surface area contributed by atoms with Crippen LogP contribution < -0.4 is 10.6 Å². The highest BCUT2D eigenvalue weighted by Crippen LogP contribution is 2.27. The molecule has 0 spiro atoms. The molecule has 0 atom stereocenters. The molecule has 1 fully saturated rings. The Morgan fingerprint density at radius 1 is 1.35 bits per heavy atom. The molecule has 6 heteroatoms. The number of hydrogen-bond donors (Lipinski definition) is 1.